The van der Waals surface area contributed by atoms with Gasteiger partial charge in [-0.2, -0.15) is 0 Å². The third kappa shape index (κ3) is 3.02. The van der Waals surface area contributed by atoms with Crippen LogP contribution in [0.1, 0.15) is 0 Å². The number of aromatic nitrogens is 3. The maximum Gasteiger partial charge on any atom is 0.241 e. The summed E-state index contributed by atoms with van der Waals surface area (Å²) in [6.07, 6.45) is 5.65. The predicted octanol–water partition coefficient (Wildman–Crippen LogP) is 4.01. The fourth-order valence-corrected chi connectivity index (χ4v) is 3.43. The lowest BCUT2D eigenvalue weighted by Crippen LogP contribution is -2.25. The molecule has 3 heterocycles. The van der Waals surface area contributed by atoms with Gasteiger partial charge in [-0.1, -0.05) is 11.6 Å². The number of fused-ring (bicyclic) bond motifs is 2. The van der Waals surface area contributed by atoms with E-state index < -0.39 is 0 Å². The van der Waals surface area contributed by atoms with Gasteiger partial charge in [0.1, 0.15) is 12.4 Å². The molecule has 7 heteroatoms. The number of hydrogen-bond donors (Lipinski definition) is 1. The number of aryl methyl sites for hydroxylation is 1. The zero-order chi connectivity index (χ0) is 19.1. The summed E-state index contributed by atoms with van der Waals surface area (Å²) in [5.74, 6) is 0.748. The maximum atomic E-state index is 12.1. The molecule has 27 heavy (non-hydrogen) atoms. The molecule has 0 aliphatic rings. The van der Waals surface area contributed by atoms with E-state index in [2.05, 4.69) is 10.3 Å². The molecule has 0 radical (unpaired) electrons. The molecule has 0 bridgehead atoms. The number of likely N-dealkylation sites (N-methyl/N-ethyl adjacent to an activating group) is 1. The third-order valence-corrected chi connectivity index (χ3v) is 5.08. The summed E-state index contributed by atoms with van der Waals surface area (Å²) in [7, 11) is 5.51. The number of carbonyl (C=O) groups excluding carboxylic acids is 1. The number of anilines is 2. The molecule has 0 atom stereocenters. The molecular formula is C20H20ClN5O. The highest BCUT2D eigenvalue weighted by Crippen LogP contribution is 2.35. The Balaban J connectivity index is 1.77. The van der Waals surface area contributed by atoms with Crippen LogP contribution < -0.4 is 5.32 Å². The van der Waals surface area contributed by atoms with E-state index in [1.54, 1.807) is 25.2 Å². The summed E-state index contributed by atoms with van der Waals surface area (Å²) >= 11 is 6.47. The van der Waals surface area contributed by atoms with Gasteiger partial charge in [0.2, 0.25) is 5.91 Å². The van der Waals surface area contributed by atoms with E-state index in [-0.39, 0.29) is 12.5 Å². The Hall–Kier alpha value is -2.99. The van der Waals surface area contributed by atoms with Crippen LogP contribution in [0.5, 0.6) is 0 Å². The quantitative estimate of drug-likeness (QED) is 0.581. The topological polar surface area (TPSA) is 55.1 Å². The highest BCUT2D eigenvalue weighted by Gasteiger charge is 2.14. The van der Waals surface area contributed by atoms with E-state index in [1.807, 2.05) is 58.9 Å². The molecule has 4 aromatic rings. The van der Waals surface area contributed by atoms with E-state index in [9.17, 15) is 4.79 Å². The molecule has 0 unspecified atom stereocenters. The number of carbonyl (C=O) groups is 1. The van der Waals surface area contributed by atoms with Crippen LogP contribution in [0.15, 0.2) is 48.9 Å². The van der Waals surface area contributed by atoms with Crippen molar-refractivity contribution in [1.29, 1.82) is 0 Å². The molecule has 0 saturated heterocycles. The molecular weight excluding hydrogens is 362 g/mol. The maximum absolute atomic E-state index is 12.1. The van der Waals surface area contributed by atoms with Gasteiger partial charge in [0.15, 0.2) is 0 Å². The van der Waals surface area contributed by atoms with Crippen LogP contribution in [0.2, 0.25) is 5.02 Å². The molecule has 0 spiro atoms. The van der Waals surface area contributed by atoms with Gasteiger partial charge in [0.05, 0.1) is 16.2 Å². The molecule has 6 nitrogen and oxygen atoms in total. The molecule has 4 rings (SSSR count). The fraction of sp³-hybridized carbons (Fsp3) is 0.200. The van der Waals surface area contributed by atoms with Gasteiger partial charge in [-0.05, 0) is 30.3 Å². The van der Waals surface area contributed by atoms with Crippen molar-refractivity contribution in [3.05, 3.63) is 53.9 Å². The number of amides is 1. The Labute approximate surface area is 162 Å². The first-order chi connectivity index (χ1) is 13.0. The molecule has 0 aliphatic heterocycles. The van der Waals surface area contributed by atoms with Crippen molar-refractivity contribution in [2.75, 3.05) is 19.4 Å². The van der Waals surface area contributed by atoms with Gasteiger partial charge in [0, 0.05) is 56.0 Å². The lowest BCUT2D eigenvalue weighted by Gasteiger charge is -2.13. The monoisotopic (exact) mass is 381 g/mol. The second-order valence-electron chi connectivity index (χ2n) is 6.73. The van der Waals surface area contributed by atoms with E-state index in [0.717, 1.165) is 27.5 Å². The summed E-state index contributed by atoms with van der Waals surface area (Å²) < 4.78 is 3.98. The van der Waals surface area contributed by atoms with Gasteiger partial charge >= 0.3 is 0 Å². The first-order valence-corrected chi connectivity index (χ1v) is 8.98. The highest BCUT2D eigenvalue weighted by atomic mass is 35.5. The molecule has 1 N–H and O–H groups in total. The minimum atomic E-state index is 0.0379. The van der Waals surface area contributed by atoms with Gasteiger partial charge in [0.25, 0.3) is 0 Å². The average Bonchev–Trinajstić information content (AvgIpc) is 3.22. The second-order valence-corrected chi connectivity index (χ2v) is 7.14. The summed E-state index contributed by atoms with van der Waals surface area (Å²) in [6, 6.07) is 9.79. The number of pyridine rings is 1. The summed E-state index contributed by atoms with van der Waals surface area (Å²) in [4.78, 5) is 18.2. The number of rotatable bonds is 4. The number of nitrogens with one attached hydrogen (secondary N) is 1. The van der Waals surface area contributed by atoms with Gasteiger partial charge in [-0.3, -0.25) is 4.79 Å². The molecule has 0 fully saturated rings. The Morgan fingerprint density at radius 1 is 1.11 bits per heavy atom. The molecule has 0 aliphatic carbocycles. The Morgan fingerprint density at radius 2 is 1.89 bits per heavy atom. The van der Waals surface area contributed by atoms with Crippen LogP contribution >= 0.6 is 11.6 Å². The molecule has 1 amide bonds. The third-order valence-electron chi connectivity index (χ3n) is 4.76. The molecule has 138 valence electrons. The SMILES string of the molecule is CN(C)C(=O)Cn1ccc2c(Nc3c(Cl)ccc4c3ccn4C)nccc21. The summed E-state index contributed by atoms with van der Waals surface area (Å²) in [5.41, 5.74) is 2.86. The van der Waals surface area contributed by atoms with Crippen LogP contribution in [0.25, 0.3) is 21.8 Å². The Morgan fingerprint density at radius 3 is 2.67 bits per heavy atom. The van der Waals surface area contributed by atoms with Crippen LogP contribution in [0, 0.1) is 0 Å². The smallest absolute Gasteiger partial charge is 0.241 e. The van der Waals surface area contributed by atoms with Crippen molar-refractivity contribution in [3.63, 3.8) is 0 Å². The minimum Gasteiger partial charge on any atom is -0.350 e. The van der Waals surface area contributed by atoms with E-state index in [0.29, 0.717) is 10.8 Å². The fourth-order valence-electron chi connectivity index (χ4n) is 3.22. The van der Waals surface area contributed by atoms with Crippen LogP contribution in [0.3, 0.4) is 0 Å². The second kappa shape index (κ2) is 6.63. The minimum absolute atomic E-state index is 0.0379. The van der Waals surface area contributed by atoms with Crippen molar-refractivity contribution in [3.8, 4) is 0 Å². The van der Waals surface area contributed by atoms with E-state index in [4.69, 9.17) is 11.6 Å². The van der Waals surface area contributed by atoms with Gasteiger partial charge in [-0.15, -0.1) is 0 Å². The summed E-state index contributed by atoms with van der Waals surface area (Å²) in [5, 5.41) is 6.00. The van der Waals surface area contributed by atoms with Crippen molar-refractivity contribution in [2.45, 2.75) is 6.54 Å². The number of hydrogen-bond acceptors (Lipinski definition) is 3. The zero-order valence-corrected chi connectivity index (χ0v) is 16.2. The summed E-state index contributed by atoms with van der Waals surface area (Å²) in [6.45, 7) is 0.287. The predicted molar refractivity (Wildman–Crippen MR) is 110 cm³/mol. The van der Waals surface area contributed by atoms with Crippen molar-refractivity contribution >= 4 is 50.8 Å². The van der Waals surface area contributed by atoms with Crippen molar-refractivity contribution in [2.24, 2.45) is 7.05 Å². The zero-order valence-electron chi connectivity index (χ0n) is 15.4. The van der Waals surface area contributed by atoms with Crippen LogP contribution in [-0.2, 0) is 18.4 Å². The first-order valence-electron chi connectivity index (χ1n) is 8.60. The van der Waals surface area contributed by atoms with Crippen LogP contribution in [-0.4, -0.2) is 39.0 Å². The van der Waals surface area contributed by atoms with Crippen molar-refractivity contribution in [1.82, 2.24) is 19.0 Å². The number of halogens is 1. The lowest BCUT2D eigenvalue weighted by molar-refractivity contribution is -0.129. The first kappa shape index (κ1) is 17.4. The van der Waals surface area contributed by atoms with E-state index >= 15 is 0 Å². The normalized spacial score (nSPS) is 11.3. The number of nitrogens with zero attached hydrogens (tertiary/aromatic N) is 4. The average molecular weight is 382 g/mol. The van der Waals surface area contributed by atoms with E-state index in [1.165, 1.54) is 0 Å². The number of benzene rings is 1. The van der Waals surface area contributed by atoms with Gasteiger partial charge in [-0.25, -0.2) is 4.98 Å². The standard InChI is InChI=1S/C20H20ClN5O/c1-24(2)18(27)12-26-11-8-14-17(26)6-9-22-20(14)23-19-13-7-10-25(3)16(13)5-4-15(19)21/h4-11H,12H2,1-3H3,(H,22,23). The molecule has 0 saturated carbocycles. The Bertz CT molecular complexity index is 1160. The van der Waals surface area contributed by atoms with Crippen LogP contribution in [0.4, 0.5) is 11.5 Å². The molecule has 1 aromatic carbocycles. The van der Waals surface area contributed by atoms with Crippen molar-refractivity contribution < 1.29 is 4.79 Å². The van der Waals surface area contributed by atoms with Gasteiger partial charge < -0.3 is 19.4 Å². The molecule has 3 aromatic heterocycles. The largest absolute Gasteiger partial charge is 0.350 e. The highest BCUT2D eigenvalue weighted by molar-refractivity contribution is 6.35. The lowest BCUT2D eigenvalue weighted by atomic mass is 10.2. The Kier molecular flexibility index (Phi) is 4.28.